The van der Waals surface area contributed by atoms with Crippen molar-refractivity contribution in [2.24, 2.45) is 11.8 Å². The second-order valence-electron chi connectivity index (χ2n) is 7.19. The van der Waals surface area contributed by atoms with E-state index < -0.39 is 0 Å². The van der Waals surface area contributed by atoms with Crippen molar-refractivity contribution in [1.82, 2.24) is 0 Å². The summed E-state index contributed by atoms with van der Waals surface area (Å²) in [6.07, 6.45) is 5.26. The van der Waals surface area contributed by atoms with Gasteiger partial charge in [0, 0.05) is 10.8 Å². The molecule has 0 bridgehead atoms. The molecule has 0 aliphatic heterocycles. The Hall–Kier alpha value is -2.12. The molecule has 1 amide bonds. The fourth-order valence-corrected chi connectivity index (χ4v) is 5.28. The molecule has 128 valence electrons. The van der Waals surface area contributed by atoms with E-state index in [0.29, 0.717) is 17.4 Å². The summed E-state index contributed by atoms with van der Waals surface area (Å²) in [5.41, 5.74) is 3.13. The van der Waals surface area contributed by atoms with Crippen LogP contribution in [0.1, 0.15) is 53.7 Å². The molecule has 0 saturated heterocycles. The minimum absolute atomic E-state index is 0.0384. The number of carbonyl (C=O) groups is 1. The number of benzene rings is 1. The maximum atomic E-state index is 12.6. The number of rotatable bonds is 4. The minimum Gasteiger partial charge on any atom is -0.316 e. The largest absolute Gasteiger partial charge is 0.316 e. The zero-order valence-corrected chi connectivity index (χ0v) is 15.2. The van der Waals surface area contributed by atoms with Gasteiger partial charge in [0.05, 0.1) is 5.56 Å². The van der Waals surface area contributed by atoms with Crippen molar-refractivity contribution in [2.75, 3.05) is 5.32 Å². The molecule has 4 rings (SSSR count). The van der Waals surface area contributed by atoms with Crippen molar-refractivity contribution in [2.45, 2.75) is 44.9 Å². The fourth-order valence-electron chi connectivity index (χ4n) is 3.97. The van der Waals surface area contributed by atoms with Crippen molar-refractivity contribution >= 4 is 22.2 Å². The van der Waals surface area contributed by atoms with E-state index in [-0.39, 0.29) is 11.8 Å². The maximum Gasteiger partial charge on any atom is 0.228 e. The predicted octanol–water partition coefficient (Wildman–Crippen LogP) is 4.88. The molecule has 1 heterocycles. The second kappa shape index (κ2) is 6.65. The van der Waals surface area contributed by atoms with Crippen molar-refractivity contribution in [1.29, 1.82) is 5.26 Å². The molecule has 0 radical (unpaired) electrons. The third kappa shape index (κ3) is 3.09. The molecular weight excluding hydrogens is 328 g/mol. The molecule has 4 heteroatoms. The number of carbonyl (C=O) groups excluding carboxylic acids is 1. The molecule has 3 atom stereocenters. The van der Waals surface area contributed by atoms with Crippen LogP contribution in [0, 0.1) is 23.2 Å². The zero-order chi connectivity index (χ0) is 17.4. The Balaban J connectivity index is 1.49. The van der Waals surface area contributed by atoms with Crippen LogP contribution >= 0.6 is 11.3 Å². The SMILES string of the molecule is CC[C@@H]1CCc2c(sc(NC(=O)[C@@H]3C[C@H]3c3ccccc3)c2C#N)C1. The number of nitriles is 1. The topological polar surface area (TPSA) is 52.9 Å². The normalized spacial score (nSPS) is 24.2. The van der Waals surface area contributed by atoms with Gasteiger partial charge in [0.25, 0.3) is 0 Å². The second-order valence-corrected chi connectivity index (χ2v) is 8.29. The van der Waals surface area contributed by atoms with E-state index in [2.05, 4.69) is 30.4 Å². The summed E-state index contributed by atoms with van der Waals surface area (Å²) in [5.74, 6) is 1.14. The number of amides is 1. The summed E-state index contributed by atoms with van der Waals surface area (Å²) in [6.45, 7) is 2.23. The van der Waals surface area contributed by atoms with Crippen LogP contribution in [-0.2, 0) is 17.6 Å². The van der Waals surface area contributed by atoms with Gasteiger partial charge in [0.1, 0.15) is 11.1 Å². The smallest absolute Gasteiger partial charge is 0.228 e. The van der Waals surface area contributed by atoms with E-state index >= 15 is 0 Å². The van der Waals surface area contributed by atoms with Gasteiger partial charge in [-0.15, -0.1) is 11.3 Å². The number of nitrogens with zero attached hydrogens (tertiary/aromatic N) is 1. The highest BCUT2D eigenvalue weighted by atomic mass is 32.1. The third-order valence-corrected chi connectivity index (χ3v) is 6.82. The monoisotopic (exact) mass is 350 g/mol. The summed E-state index contributed by atoms with van der Waals surface area (Å²) in [4.78, 5) is 14.0. The number of hydrogen-bond donors (Lipinski definition) is 1. The lowest BCUT2D eigenvalue weighted by atomic mass is 9.86. The van der Waals surface area contributed by atoms with Gasteiger partial charge in [0.15, 0.2) is 0 Å². The van der Waals surface area contributed by atoms with E-state index in [1.54, 1.807) is 11.3 Å². The highest BCUT2D eigenvalue weighted by molar-refractivity contribution is 7.16. The van der Waals surface area contributed by atoms with Gasteiger partial charge in [-0.1, -0.05) is 43.7 Å². The number of nitrogens with one attached hydrogen (secondary N) is 1. The summed E-state index contributed by atoms with van der Waals surface area (Å²) in [7, 11) is 0. The van der Waals surface area contributed by atoms with Crippen molar-refractivity contribution < 1.29 is 4.79 Å². The van der Waals surface area contributed by atoms with E-state index in [0.717, 1.165) is 30.7 Å². The molecule has 1 aromatic heterocycles. The van der Waals surface area contributed by atoms with Crippen LogP contribution in [0.5, 0.6) is 0 Å². The summed E-state index contributed by atoms with van der Waals surface area (Å²) >= 11 is 1.62. The van der Waals surface area contributed by atoms with E-state index in [1.807, 2.05) is 18.2 Å². The Morgan fingerprint density at radius 2 is 2.16 bits per heavy atom. The molecule has 2 aromatic rings. The van der Waals surface area contributed by atoms with Gasteiger partial charge in [0.2, 0.25) is 5.91 Å². The minimum atomic E-state index is 0.0384. The number of hydrogen-bond acceptors (Lipinski definition) is 3. The first kappa shape index (κ1) is 16.4. The summed E-state index contributed by atoms with van der Waals surface area (Å²) < 4.78 is 0. The van der Waals surface area contributed by atoms with E-state index in [1.165, 1.54) is 22.4 Å². The van der Waals surface area contributed by atoms with Crippen LogP contribution in [-0.4, -0.2) is 5.91 Å². The number of fused-ring (bicyclic) bond motifs is 1. The van der Waals surface area contributed by atoms with Crippen LogP contribution in [0.2, 0.25) is 0 Å². The lowest BCUT2D eigenvalue weighted by Crippen LogP contribution is -2.14. The molecule has 2 aliphatic rings. The van der Waals surface area contributed by atoms with Crippen LogP contribution in [0.15, 0.2) is 30.3 Å². The quantitative estimate of drug-likeness (QED) is 0.854. The van der Waals surface area contributed by atoms with E-state index in [9.17, 15) is 10.1 Å². The van der Waals surface area contributed by atoms with Crippen molar-refractivity contribution in [3.8, 4) is 6.07 Å². The molecule has 1 saturated carbocycles. The first-order valence-corrected chi connectivity index (χ1v) is 9.93. The highest BCUT2D eigenvalue weighted by Gasteiger charge is 2.44. The molecule has 25 heavy (non-hydrogen) atoms. The van der Waals surface area contributed by atoms with Crippen LogP contribution in [0.4, 0.5) is 5.00 Å². The van der Waals surface area contributed by atoms with Gasteiger partial charge in [-0.05, 0) is 48.6 Å². The third-order valence-electron chi connectivity index (χ3n) is 5.65. The average Bonchev–Trinajstić information content (AvgIpc) is 3.38. The molecule has 1 N–H and O–H groups in total. The Morgan fingerprint density at radius 3 is 2.88 bits per heavy atom. The molecule has 1 aromatic carbocycles. The maximum absolute atomic E-state index is 12.6. The Kier molecular flexibility index (Phi) is 4.35. The average molecular weight is 350 g/mol. The molecular formula is C21H22N2OS. The van der Waals surface area contributed by atoms with Crippen molar-refractivity contribution in [3.05, 3.63) is 51.9 Å². The summed E-state index contributed by atoms with van der Waals surface area (Å²) in [5, 5.41) is 13.4. The highest BCUT2D eigenvalue weighted by Crippen LogP contribution is 2.48. The Morgan fingerprint density at radius 1 is 1.36 bits per heavy atom. The lowest BCUT2D eigenvalue weighted by molar-refractivity contribution is -0.117. The molecule has 0 spiro atoms. The predicted molar refractivity (Wildman–Crippen MR) is 101 cm³/mol. The van der Waals surface area contributed by atoms with Crippen LogP contribution in [0.3, 0.4) is 0 Å². The van der Waals surface area contributed by atoms with Gasteiger partial charge >= 0.3 is 0 Å². The molecule has 2 aliphatic carbocycles. The lowest BCUT2D eigenvalue weighted by Gasteiger charge is -2.20. The van der Waals surface area contributed by atoms with Crippen LogP contribution < -0.4 is 5.32 Å². The van der Waals surface area contributed by atoms with Gasteiger partial charge < -0.3 is 5.32 Å². The summed E-state index contributed by atoms with van der Waals surface area (Å²) in [6, 6.07) is 12.6. The van der Waals surface area contributed by atoms with Crippen molar-refractivity contribution in [3.63, 3.8) is 0 Å². The first-order chi connectivity index (χ1) is 12.2. The Bertz CT molecular complexity index is 834. The molecule has 1 fully saturated rings. The standard InChI is InChI=1S/C21H22N2OS/c1-2-13-8-9-15-18(12-22)21(25-19(15)10-13)23-20(24)17-11-16(17)14-6-4-3-5-7-14/h3-7,13,16-17H,2,8-11H2,1H3,(H,23,24)/t13-,16+,17-/m1/s1. The van der Waals surface area contributed by atoms with Gasteiger partial charge in [-0.25, -0.2) is 0 Å². The zero-order valence-electron chi connectivity index (χ0n) is 14.4. The molecule has 0 unspecified atom stereocenters. The van der Waals surface area contributed by atoms with E-state index in [4.69, 9.17) is 0 Å². The van der Waals surface area contributed by atoms with Gasteiger partial charge in [-0.2, -0.15) is 5.26 Å². The number of anilines is 1. The number of thiophene rings is 1. The van der Waals surface area contributed by atoms with Gasteiger partial charge in [-0.3, -0.25) is 4.79 Å². The van der Waals surface area contributed by atoms with Crippen LogP contribution in [0.25, 0.3) is 0 Å². The Labute approximate surface area is 152 Å². The fraction of sp³-hybridized carbons (Fsp3) is 0.429. The first-order valence-electron chi connectivity index (χ1n) is 9.11. The molecule has 3 nitrogen and oxygen atoms in total.